The normalized spacial score (nSPS) is 46.6. The predicted molar refractivity (Wildman–Crippen MR) is 117 cm³/mol. The number of likely N-dealkylation sites (tertiary alicyclic amines) is 1. The number of fused-ring (bicyclic) bond motifs is 1. The SMILES string of the molecule is [2H]C([2H])([2H])C1(C([2H])([2H])[2H])[C@H]2[C@@H]1CN(C(=O)[C@@H](NC(=O)C(F)(F)F)C(C([2H])([2H])[2H])(C([2H])([2H])[2H])C([2H])([2H])[2H])[C@]2([2H])C(=O)N[C@H](C#N)C[C@@]1([2H])C(=O)NC([2H])([2H])C1([2H])[2H]. The molecule has 2 saturated heterocycles. The molecule has 3 fully saturated rings. The van der Waals surface area contributed by atoms with Gasteiger partial charge in [0.15, 0.2) is 0 Å². The summed E-state index contributed by atoms with van der Waals surface area (Å²) in [5.74, 6) is -17.6. The number of carbonyl (C=O) groups is 4. The molecule has 0 aromatic heterocycles. The topological polar surface area (TPSA) is 131 Å². The molecule has 0 radical (unpaired) electrons. The van der Waals surface area contributed by atoms with Gasteiger partial charge in [0.2, 0.25) is 17.7 Å². The Kier molecular flexibility index (Phi) is 2.64. The van der Waals surface area contributed by atoms with Crippen LogP contribution in [0.5, 0.6) is 0 Å². The van der Waals surface area contributed by atoms with Gasteiger partial charge in [0.1, 0.15) is 18.1 Å². The van der Waals surface area contributed by atoms with Crippen molar-refractivity contribution >= 4 is 23.6 Å². The lowest BCUT2D eigenvalue weighted by atomic mass is 9.85. The van der Waals surface area contributed by atoms with E-state index < -0.39 is 137 Å². The van der Waals surface area contributed by atoms with Gasteiger partial charge in [0.05, 0.1) is 7.44 Å². The van der Waals surface area contributed by atoms with E-state index in [1.807, 2.05) is 0 Å². The van der Waals surface area contributed by atoms with Crippen LogP contribution in [0, 0.1) is 39.9 Å². The summed E-state index contributed by atoms with van der Waals surface area (Å²) in [6.45, 7) is -25.9. The Hall–Kier alpha value is -2.84. The maximum absolute atomic E-state index is 14.4. The van der Waals surface area contributed by atoms with E-state index in [0.29, 0.717) is 0 Å². The Labute approximate surface area is 231 Å². The van der Waals surface area contributed by atoms with E-state index in [-0.39, 0.29) is 4.90 Å². The molecule has 0 aromatic carbocycles. The third-order valence-electron chi connectivity index (χ3n) is 5.58. The molecule has 6 atom stereocenters. The molecule has 9 nitrogen and oxygen atoms in total. The minimum atomic E-state index is -6.11. The van der Waals surface area contributed by atoms with E-state index in [2.05, 4.69) is 0 Å². The second-order valence-corrected chi connectivity index (χ2v) is 8.04. The summed E-state index contributed by atoms with van der Waals surface area (Å²) in [5.41, 5.74) is -7.90. The number of halogens is 3. The molecule has 0 unspecified atom stereocenters. The second-order valence-electron chi connectivity index (χ2n) is 8.04. The average molecular weight is 521 g/mol. The summed E-state index contributed by atoms with van der Waals surface area (Å²) in [6.07, 6.45) is -11.1. The molecule has 0 bridgehead atoms. The fourth-order valence-corrected chi connectivity index (χ4v) is 3.78. The largest absolute Gasteiger partial charge is 0.471 e. The number of amides is 4. The highest BCUT2D eigenvalue weighted by Crippen LogP contribution is 2.65. The van der Waals surface area contributed by atoms with Gasteiger partial charge in [-0.15, -0.1) is 0 Å². The smallest absolute Gasteiger partial charge is 0.356 e. The highest BCUT2D eigenvalue weighted by Gasteiger charge is 2.70. The zero-order chi connectivity index (χ0) is 44.4. The number of hydrogen-bond acceptors (Lipinski definition) is 5. The van der Waals surface area contributed by atoms with Gasteiger partial charge in [-0.05, 0) is 35.5 Å². The molecule has 2 aliphatic heterocycles. The number of alkyl halides is 3. The van der Waals surface area contributed by atoms with Crippen molar-refractivity contribution < 1.29 is 61.1 Å². The minimum absolute atomic E-state index is 0.349. The van der Waals surface area contributed by atoms with Crippen molar-refractivity contribution in [2.75, 3.05) is 13.0 Å². The molecule has 1 aliphatic carbocycles. The number of rotatable bonds is 6. The molecule has 3 N–H and O–H groups in total. The molecular weight excluding hydrogens is 467 g/mol. The highest BCUT2D eigenvalue weighted by atomic mass is 19.4. The maximum Gasteiger partial charge on any atom is 0.471 e. The zero-order valence-electron chi connectivity index (χ0n) is 38.4. The van der Waals surface area contributed by atoms with E-state index in [0.717, 1.165) is 5.32 Å². The minimum Gasteiger partial charge on any atom is -0.356 e. The Morgan fingerprint density at radius 3 is 2.54 bits per heavy atom. The first-order chi connectivity index (χ1) is 24.5. The number of nitrogens with zero attached hydrogens (tertiary/aromatic N) is 2. The van der Waals surface area contributed by atoms with Crippen molar-refractivity contribution in [2.45, 2.75) is 71.3 Å². The fourth-order valence-electron chi connectivity index (χ4n) is 3.78. The lowest BCUT2D eigenvalue weighted by Gasteiger charge is -2.37. The summed E-state index contributed by atoms with van der Waals surface area (Å²) < 4.78 is 210. The van der Waals surface area contributed by atoms with Crippen molar-refractivity contribution in [3.63, 3.8) is 0 Å². The summed E-state index contributed by atoms with van der Waals surface area (Å²) in [5, 5.41) is 13.8. The van der Waals surface area contributed by atoms with Crippen molar-refractivity contribution in [3.05, 3.63) is 0 Å². The Morgan fingerprint density at radius 2 is 2.03 bits per heavy atom. The van der Waals surface area contributed by atoms with Gasteiger partial charge in [-0.2, -0.15) is 18.4 Å². The van der Waals surface area contributed by atoms with Crippen LogP contribution in [0.25, 0.3) is 0 Å². The maximum atomic E-state index is 14.4. The molecule has 2 heterocycles. The quantitative estimate of drug-likeness (QED) is 0.483. The Morgan fingerprint density at radius 1 is 1.34 bits per heavy atom. The van der Waals surface area contributed by atoms with Crippen LogP contribution in [0.3, 0.4) is 0 Å². The third kappa shape index (κ3) is 5.23. The van der Waals surface area contributed by atoms with E-state index in [1.54, 1.807) is 5.32 Å². The molecular formula is C23H32F3N5O4. The van der Waals surface area contributed by atoms with Gasteiger partial charge in [-0.25, -0.2) is 0 Å². The summed E-state index contributed by atoms with van der Waals surface area (Å²) in [6, 6.07) is -8.96. The van der Waals surface area contributed by atoms with Crippen LogP contribution in [0.2, 0.25) is 0 Å². The number of hydrogen-bond donors (Lipinski definition) is 3. The molecule has 3 rings (SSSR count). The van der Waals surface area contributed by atoms with Crippen LogP contribution in [-0.2, 0) is 19.2 Å². The lowest BCUT2D eigenvalue weighted by Crippen LogP contribution is -2.61. The van der Waals surface area contributed by atoms with Crippen LogP contribution in [0.1, 0.15) is 75.8 Å². The van der Waals surface area contributed by atoms with Crippen LogP contribution in [-0.4, -0.2) is 65.8 Å². The van der Waals surface area contributed by atoms with Gasteiger partial charge in [0.25, 0.3) is 0 Å². The Balaban J connectivity index is 2.36. The molecule has 194 valence electrons. The monoisotopic (exact) mass is 520 g/mol. The van der Waals surface area contributed by atoms with E-state index in [9.17, 15) is 39.0 Å². The van der Waals surface area contributed by atoms with Crippen LogP contribution in [0.4, 0.5) is 13.2 Å². The molecule has 0 aromatic rings. The summed E-state index contributed by atoms with van der Waals surface area (Å²) >= 11 is 0. The first-order valence-electron chi connectivity index (χ1n) is 20.2. The van der Waals surface area contributed by atoms with Gasteiger partial charge in [-0.3, -0.25) is 19.2 Å². The van der Waals surface area contributed by atoms with Crippen molar-refractivity contribution in [1.82, 2.24) is 20.9 Å². The highest BCUT2D eigenvalue weighted by molar-refractivity contribution is 5.95. The summed E-state index contributed by atoms with van der Waals surface area (Å²) in [7, 11) is 0. The van der Waals surface area contributed by atoms with Crippen molar-refractivity contribution in [3.8, 4) is 6.07 Å². The fraction of sp³-hybridized carbons (Fsp3) is 0.783. The average Bonchev–Trinajstić information content (AvgIpc) is 3.54. The van der Waals surface area contributed by atoms with Crippen LogP contribution < -0.4 is 16.0 Å². The second kappa shape index (κ2) is 8.99. The number of carbonyl (C=O) groups excluding carboxylic acids is 4. The zero-order valence-corrected chi connectivity index (χ0v) is 17.4. The van der Waals surface area contributed by atoms with Gasteiger partial charge in [0, 0.05) is 46.4 Å². The molecule has 0 spiro atoms. The third-order valence-corrected chi connectivity index (χ3v) is 5.58. The first kappa shape index (κ1) is 10.3. The number of nitrogens with one attached hydrogen (secondary N) is 3. The Bertz CT molecular complexity index is 1650. The molecule has 35 heavy (non-hydrogen) atoms. The van der Waals surface area contributed by atoms with Gasteiger partial charge in [-0.1, -0.05) is 34.3 Å². The van der Waals surface area contributed by atoms with Crippen LogP contribution in [0.15, 0.2) is 0 Å². The number of piperidine rings is 1. The summed E-state index contributed by atoms with van der Waals surface area (Å²) in [4.78, 5) is 53.2. The van der Waals surface area contributed by atoms with Gasteiger partial charge >= 0.3 is 12.1 Å². The van der Waals surface area contributed by atoms with Crippen LogP contribution >= 0.6 is 0 Å². The molecule has 4 amide bonds. The van der Waals surface area contributed by atoms with E-state index in [1.165, 1.54) is 11.4 Å². The van der Waals surface area contributed by atoms with E-state index in [4.69, 9.17) is 27.4 Å². The standard InChI is InChI=1S/C23H32F3N5O4/c1-21(2,3)16(30-20(35)23(24,25)26)19(34)31-10-13-14(22(13,4)5)15(31)18(33)29-12(9-27)8-11-6-7-28-17(11)32/h11-16H,6-8,10H2,1-5H3,(H,28,32)(H,29,33)(H,30,35)/t11-,12-,13-,14-,15-,16+/m0/s1/i1D3,2D3,3D3,4D3,5D3,6D2,7D2,11D,15D. The predicted octanol–water partition coefficient (Wildman–Crippen LogP) is 1.10. The molecule has 12 heteroatoms. The first-order valence-corrected chi connectivity index (χ1v) is 9.68. The lowest BCUT2D eigenvalue weighted by molar-refractivity contribution is -0.176. The molecule has 1 saturated carbocycles. The number of nitriles is 1. The van der Waals surface area contributed by atoms with Crippen molar-refractivity contribution in [2.24, 2.45) is 28.6 Å². The van der Waals surface area contributed by atoms with Gasteiger partial charge < -0.3 is 20.9 Å². The van der Waals surface area contributed by atoms with Crippen molar-refractivity contribution in [1.29, 1.82) is 5.26 Å². The molecule has 3 aliphatic rings. The van der Waals surface area contributed by atoms with E-state index >= 15 is 0 Å².